The minimum Gasteiger partial charge on any atom is -0.462 e. The van der Waals surface area contributed by atoms with Crippen molar-refractivity contribution in [3.63, 3.8) is 0 Å². The summed E-state index contributed by atoms with van der Waals surface area (Å²) in [6, 6.07) is 0. The number of hydrogen-bond donors (Lipinski definition) is 3. The molecule has 0 unspecified atom stereocenters. The smallest absolute Gasteiger partial charge is 0.462 e. The number of rotatable bonds is 34. The van der Waals surface area contributed by atoms with Gasteiger partial charge >= 0.3 is 19.8 Å². The van der Waals surface area contributed by atoms with Gasteiger partial charge in [-0.25, -0.2) is 4.57 Å². The normalized spacial score (nSPS) is 13.9. The molecule has 292 valence electrons. The van der Waals surface area contributed by atoms with Crippen molar-refractivity contribution in [3.8, 4) is 0 Å². The summed E-state index contributed by atoms with van der Waals surface area (Å²) in [5.41, 5.74) is 0. The average Bonchev–Trinajstić information content (AvgIpc) is 3.10. The van der Waals surface area contributed by atoms with E-state index in [2.05, 4.69) is 72.2 Å². The lowest BCUT2D eigenvalue weighted by Gasteiger charge is -2.18. The van der Waals surface area contributed by atoms with Crippen LogP contribution in [0.25, 0.3) is 0 Å². The third-order valence-electron chi connectivity index (χ3n) is 7.89. The van der Waals surface area contributed by atoms with Crippen LogP contribution in [0.15, 0.2) is 72.9 Å². The van der Waals surface area contributed by atoms with Gasteiger partial charge in [-0.2, -0.15) is 0 Å². The highest BCUT2D eigenvalue weighted by Crippen LogP contribution is 2.36. The van der Waals surface area contributed by atoms with Crippen molar-refractivity contribution in [1.82, 2.24) is 0 Å². The fourth-order valence-corrected chi connectivity index (χ4v) is 5.17. The molecule has 0 bridgehead atoms. The molecular formula is C41H69O9P. The predicted molar refractivity (Wildman–Crippen MR) is 208 cm³/mol. The number of aliphatic hydroxyl groups excluding tert-OH is 1. The Kier molecular flexibility index (Phi) is 34.0. The zero-order chi connectivity index (χ0) is 37.7. The van der Waals surface area contributed by atoms with E-state index in [0.29, 0.717) is 19.3 Å². The van der Waals surface area contributed by atoms with E-state index in [4.69, 9.17) is 19.3 Å². The first-order valence-electron chi connectivity index (χ1n) is 19.3. The van der Waals surface area contributed by atoms with E-state index in [-0.39, 0.29) is 25.6 Å². The van der Waals surface area contributed by atoms with E-state index >= 15 is 0 Å². The highest BCUT2D eigenvalue weighted by molar-refractivity contribution is 7.46. The minimum absolute atomic E-state index is 0.116. The van der Waals surface area contributed by atoms with Crippen molar-refractivity contribution in [3.05, 3.63) is 72.9 Å². The van der Waals surface area contributed by atoms with Gasteiger partial charge in [0.2, 0.25) is 0 Å². The van der Waals surface area contributed by atoms with Crippen molar-refractivity contribution >= 4 is 19.8 Å². The quantitative estimate of drug-likeness (QED) is 0.0194. The molecule has 0 aromatic rings. The van der Waals surface area contributed by atoms with Crippen molar-refractivity contribution < 1.29 is 43.0 Å². The Morgan fingerprint density at radius 1 is 0.608 bits per heavy atom. The summed E-state index contributed by atoms with van der Waals surface area (Å²) in [5.74, 6) is -0.994. The minimum atomic E-state index is -4.78. The van der Waals surface area contributed by atoms with Crippen LogP contribution in [0.5, 0.6) is 0 Å². The first kappa shape index (κ1) is 48.5. The molecule has 2 atom stereocenters. The van der Waals surface area contributed by atoms with Gasteiger partial charge in [0.15, 0.2) is 6.10 Å². The van der Waals surface area contributed by atoms with Crippen molar-refractivity contribution in [2.45, 2.75) is 161 Å². The molecule has 0 radical (unpaired) electrons. The van der Waals surface area contributed by atoms with Gasteiger partial charge in [0.05, 0.1) is 12.7 Å². The number of phosphoric ester groups is 1. The van der Waals surface area contributed by atoms with Crippen LogP contribution in [-0.2, 0) is 28.2 Å². The molecule has 10 heteroatoms. The van der Waals surface area contributed by atoms with Crippen LogP contribution in [0.1, 0.15) is 149 Å². The van der Waals surface area contributed by atoms with Crippen LogP contribution in [0, 0.1) is 0 Å². The summed E-state index contributed by atoms with van der Waals surface area (Å²) >= 11 is 0. The van der Waals surface area contributed by atoms with Crippen LogP contribution in [-0.4, -0.2) is 52.3 Å². The summed E-state index contributed by atoms with van der Waals surface area (Å²) in [4.78, 5) is 42.7. The molecule has 9 nitrogen and oxygen atoms in total. The summed E-state index contributed by atoms with van der Waals surface area (Å²) in [6.07, 6.45) is 42.8. The topological polar surface area (TPSA) is 140 Å². The summed E-state index contributed by atoms with van der Waals surface area (Å²) in [7, 11) is -4.78. The molecule has 0 spiro atoms. The zero-order valence-corrected chi connectivity index (χ0v) is 32.5. The maximum atomic E-state index is 12.3. The van der Waals surface area contributed by atoms with Crippen molar-refractivity contribution in [2.75, 3.05) is 13.2 Å². The van der Waals surface area contributed by atoms with Gasteiger partial charge in [0.25, 0.3) is 0 Å². The SMILES string of the molecule is CCCCCC/C=C\C=C/CCCCCCCC(=O)OC[C@H](COP(=O)(O)O)OC(=O)CCC/C=C\C/C=C\C/C=C\C/C=C\CC[C@H](O)CC. The third-order valence-corrected chi connectivity index (χ3v) is 8.37. The van der Waals surface area contributed by atoms with Crippen molar-refractivity contribution in [1.29, 1.82) is 0 Å². The highest BCUT2D eigenvalue weighted by Gasteiger charge is 2.22. The largest absolute Gasteiger partial charge is 0.469 e. The van der Waals surface area contributed by atoms with E-state index < -0.39 is 32.5 Å². The number of allylic oxidation sites excluding steroid dienone is 12. The van der Waals surface area contributed by atoms with Gasteiger partial charge in [-0.1, -0.05) is 125 Å². The number of esters is 2. The molecule has 0 amide bonds. The second-order valence-corrected chi connectivity index (χ2v) is 14.0. The maximum absolute atomic E-state index is 12.3. The fourth-order valence-electron chi connectivity index (χ4n) is 4.81. The number of unbranched alkanes of at least 4 members (excludes halogenated alkanes) is 10. The Hall–Kier alpha value is -2.55. The van der Waals surface area contributed by atoms with E-state index in [0.717, 1.165) is 77.0 Å². The van der Waals surface area contributed by atoms with Crippen LogP contribution >= 0.6 is 7.82 Å². The molecule has 0 heterocycles. The zero-order valence-electron chi connectivity index (χ0n) is 31.6. The average molecular weight is 737 g/mol. The Morgan fingerprint density at radius 3 is 1.71 bits per heavy atom. The molecule has 0 fully saturated rings. The van der Waals surface area contributed by atoms with Crippen LogP contribution in [0.2, 0.25) is 0 Å². The third kappa shape index (κ3) is 38.5. The Bertz CT molecular complexity index is 1070. The Balaban J connectivity index is 4.12. The predicted octanol–water partition coefficient (Wildman–Crippen LogP) is 10.5. The lowest BCUT2D eigenvalue weighted by molar-refractivity contribution is -0.161. The monoisotopic (exact) mass is 736 g/mol. The molecule has 51 heavy (non-hydrogen) atoms. The van der Waals surface area contributed by atoms with Gasteiger partial charge in [-0.05, 0) is 83.5 Å². The van der Waals surface area contributed by atoms with Crippen LogP contribution in [0.3, 0.4) is 0 Å². The van der Waals surface area contributed by atoms with Gasteiger partial charge in [0, 0.05) is 12.8 Å². The van der Waals surface area contributed by atoms with E-state index in [1.807, 2.05) is 19.1 Å². The molecular weight excluding hydrogens is 667 g/mol. The molecule has 0 aliphatic heterocycles. The van der Waals surface area contributed by atoms with Gasteiger partial charge < -0.3 is 24.4 Å². The van der Waals surface area contributed by atoms with Gasteiger partial charge in [0.1, 0.15) is 6.61 Å². The Morgan fingerprint density at radius 2 is 1.12 bits per heavy atom. The molecule has 0 rings (SSSR count). The molecule has 0 aliphatic carbocycles. The maximum Gasteiger partial charge on any atom is 0.469 e. The van der Waals surface area contributed by atoms with Gasteiger partial charge in [-0.3, -0.25) is 14.1 Å². The summed E-state index contributed by atoms with van der Waals surface area (Å²) in [6.45, 7) is 3.31. The highest BCUT2D eigenvalue weighted by atomic mass is 31.2. The summed E-state index contributed by atoms with van der Waals surface area (Å²) < 4.78 is 26.2. The fraction of sp³-hybridized carbons (Fsp3) is 0.659. The number of ether oxygens (including phenoxy) is 2. The molecule has 3 N–H and O–H groups in total. The second-order valence-electron chi connectivity index (χ2n) is 12.7. The number of hydrogen-bond acceptors (Lipinski definition) is 7. The first-order chi connectivity index (χ1) is 24.7. The molecule has 0 aliphatic rings. The number of carbonyl (C=O) groups is 2. The Labute approximate surface area is 309 Å². The van der Waals surface area contributed by atoms with E-state index in [1.54, 1.807) is 0 Å². The van der Waals surface area contributed by atoms with Gasteiger partial charge in [-0.15, -0.1) is 0 Å². The number of phosphoric acid groups is 1. The summed E-state index contributed by atoms with van der Waals surface area (Å²) in [5, 5.41) is 9.53. The standard InChI is InChI=1S/C41H69O9P/c1-3-5-6-7-8-9-10-11-12-16-19-22-25-28-31-34-40(43)48-36-39(37-49-51(45,46)47)50-41(44)35-32-29-26-23-20-17-14-13-15-18-21-24-27-30-33-38(42)4-2/h9-12,14-15,17-18,23-24,26-27,38-39,42H,3-8,13,16,19-22,25,28-37H2,1-2H3,(H2,45,46,47)/b10-9-,12-11-,17-14-,18-15-,26-23-,27-24-/t38-,39-/m1/s1. The number of aliphatic hydroxyl groups is 1. The van der Waals surface area contributed by atoms with Crippen molar-refractivity contribution in [2.24, 2.45) is 0 Å². The molecule has 0 aromatic heterocycles. The first-order valence-corrected chi connectivity index (χ1v) is 20.9. The van der Waals surface area contributed by atoms with Crippen LogP contribution < -0.4 is 0 Å². The second kappa shape index (κ2) is 35.8. The lowest BCUT2D eigenvalue weighted by Crippen LogP contribution is -2.29. The van der Waals surface area contributed by atoms with E-state index in [1.165, 1.54) is 25.7 Å². The number of carbonyl (C=O) groups excluding carboxylic acids is 2. The molecule has 0 saturated carbocycles. The molecule has 0 saturated heterocycles. The van der Waals surface area contributed by atoms with E-state index in [9.17, 15) is 19.3 Å². The molecule has 0 aromatic carbocycles. The lowest BCUT2D eigenvalue weighted by atomic mass is 10.1. The van der Waals surface area contributed by atoms with Crippen LogP contribution in [0.4, 0.5) is 0 Å².